The van der Waals surface area contributed by atoms with E-state index in [0.717, 1.165) is 21.7 Å². The van der Waals surface area contributed by atoms with Gasteiger partial charge in [-0.15, -0.1) is 11.8 Å². The van der Waals surface area contributed by atoms with Gasteiger partial charge in [0.2, 0.25) is 11.8 Å². The molecule has 0 unspecified atom stereocenters. The molecule has 2 N–H and O–H groups in total. The van der Waals surface area contributed by atoms with Crippen molar-refractivity contribution in [1.82, 2.24) is 0 Å². The van der Waals surface area contributed by atoms with Gasteiger partial charge in [-0.25, -0.2) is 8.42 Å². The van der Waals surface area contributed by atoms with Crippen LogP contribution in [-0.2, 0) is 19.4 Å². The second kappa shape index (κ2) is 7.74. The predicted octanol–water partition coefficient (Wildman–Crippen LogP) is 3.15. The molecule has 3 rings (SSSR count). The molecular weight excluding hydrogens is 384 g/mol. The first-order valence-corrected chi connectivity index (χ1v) is 11.1. The van der Waals surface area contributed by atoms with Gasteiger partial charge >= 0.3 is 0 Å². The topological polar surface area (TPSA) is 92.3 Å². The number of thioether (sulfide) groups is 1. The van der Waals surface area contributed by atoms with Crippen LogP contribution < -0.4 is 10.6 Å². The summed E-state index contributed by atoms with van der Waals surface area (Å²) in [5.41, 5.74) is 3.20. The summed E-state index contributed by atoms with van der Waals surface area (Å²) in [7, 11) is -3.60. The lowest BCUT2D eigenvalue weighted by atomic mass is 10.1. The molecule has 2 aromatic rings. The van der Waals surface area contributed by atoms with Crippen LogP contribution in [0.25, 0.3) is 0 Å². The molecule has 2 aromatic carbocycles. The van der Waals surface area contributed by atoms with E-state index < -0.39 is 9.84 Å². The summed E-state index contributed by atoms with van der Waals surface area (Å²) in [6, 6.07) is 10.3. The van der Waals surface area contributed by atoms with E-state index in [2.05, 4.69) is 10.6 Å². The van der Waals surface area contributed by atoms with Crippen LogP contribution in [0.5, 0.6) is 0 Å². The van der Waals surface area contributed by atoms with Gasteiger partial charge in [-0.2, -0.15) is 0 Å². The zero-order valence-electron chi connectivity index (χ0n) is 15.0. The van der Waals surface area contributed by atoms with Crippen molar-refractivity contribution in [3.8, 4) is 0 Å². The number of carbonyl (C=O) groups is 2. The minimum atomic E-state index is -3.60. The molecule has 27 heavy (non-hydrogen) atoms. The highest BCUT2D eigenvalue weighted by molar-refractivity contribution is 8.00. The maximum atomic E-state index is 12.6. The summed E-state index contributed by atoms with van der Waals surface area (Å²) in [5, 5.41) is 5.51. The van der Waals surface area contributed by atoms with E-state index in [1.165, 1.54) is 17.8 Å². The van der Waals surface area contributed by atoms with E-state index in [4.69, 9.17) is 0 Å². The minimum absolute atomic E-state index is 0.105. The fourth-order valence-electron chi connectivity index (χ4n) is 2.81. The Morgan fingerprint density at radius 1 is 1.19 bits per heavy atom. The fourth-order valence-corrected chi connectivity index (χ4v) is 4.99. The quantitative estimate of drug-likeness (QED) is 0.799. The van der Waals surface area contributed by atoms with Gasteiger partial charge < -0.3 is 10.6 Å². The minimum Gasteiger partial charge on any atom is -0.326 e. The number of hydrogen-bond donors (Lipinski definition) is 2. The number of aryl methyl sites for hydroxylation is 2. The Balaban J connectivity index is 1.68. The normalized spacial score (nSPS) is 13.6. The molecule has 0 aromatic heterocycles. The van der Waals surface area contributed by atoms with E-state index in [1.54, 1.807) is 12.1 Å². The number of benzene rings is 2. The van der Waals surface area contributed by atoms with E-state index >= 15 is 0 Å². The van der Waals surface area contributed by atoms with E-state index in [0.29, 0.717) is 5.69 Å². The van der Waals surface area contributed by atoms with Gasteiger partial charge in [0.1, 0.15) is 0 Å². The van der Waals surface area contributed by atoms with Crippen molar-refractivity contribution in [2.75, 3.05) is 22.1 Å². The van der Waals surface area contributed by atoms with Crippen molar-refractivity contribution in [3.05, 3.63) is 47.5 Å². The molecule has 0 atom stereocenters. The molecule has 1 heterocycles. The maximum Gasteiger partial charge on any atom is 0.234 e. The number of amides is 2. The zero-order chi connectivity index (χ0) is 19.6. The Hall–Kier alpha value is -2.32. The lowest BCUT2D eigenvalue weighted by Crippen LogP contribution is -2.20. The molecule has 0 aliphatic carbocycles. The second-order valence-electron chi connectivity index (χ2n) is 6.38. The van der Waals surface area contributed by atoms with Crippen LogP contribution in [0, 0.1) is 13.8 Å². The SMILES string of the molecule is Cc1cccc(C)c1NC(=O)CCS(=O)(=O)c1ccc2c(c1)SCC(=O)N2. The summed E-state index contributed by atoms with van der Waals surface area (Å²) in [6.45, 7) is 3.78. The number of nitrogens with one attached hydrogen (secondary N) is 2. The first-order chi connectivity index (χ1) is 12.8. The van der Waals surface area contributed by atoms with Gasteiger partial charge in [0.05, 0.1) is 22.1 Å². The number of para-hydroxylation sites is 1. The molecule has 1 aliphatic heterocycles. The highest BCUT2D eigenvalue weighted by Gasteiger charge is 2.21. The van der Waals surface area contributed by atoms with E-state index in [1.807, 2.05) is 32.0 Å². The summed E-state index contributed by atoms with van der Waals surface area (Å²) >= 11 is 1.30. The number of fused-ring (bicyclic) bond motifs is 1. The van der Waals surface area contributed by atoms with Crippen LogP contribution in [0.3, 0.4) is 0 Å². The van der Waals surface area contributed by atoms with Crippen molar-refractivity contribution >= 4 is 44.8 Å². The van der Waals surface area contributed by atoms with Gasteiger partial charge in [0, 0.05) is 17.0 Å². The van der Waals surface area contributed by atoms with Crippen LogP contribution in [0.4, 0.5) is 11.4 Å². The van der Waals surface area contributed by atoms with Crippen molar-refractivity contribution in [2.45, 2.75) is 30.1 Å². The van der Waals surface area contributed by atoms with Crippen molar-refractivity contribution < 1.29 is 18.0 Å². The Labute approximate surface area is 162 Å². The van der Waals surface area contributed by atoms with Crippen LogP contribution >= 0.6 is 11.8 Å². The van der Waals surface area contributed by atoms with Gasteiger partial charge in [0.25, 0.3) is 0 Å². The first-order valence-electron chi connectivity index (χ1n) is 8.42. The molecule has 0 radical (unpaired) electrons. The highest BCUT2D eigenvalue weighted by Crippen LogP contribution is 2.33. The van der Waals surface area contributed by atoms with Crippen LogP contribution in [0.1, 0.15) is 17.5 Å². The number of anilines is 2. The second-order valence-corrected chi connectivity index (χ2v) is 9.50. The van der Waals surface area contributed by atoms with Gasteiger partial charge in [-0.05, 0) is 43.2 Å². The van der Waals surface area contributed by atoms with Crippen molar-refractivity contribution in [3.63, 3.8) is 0 Å². The molecule has 8 heteroatoms. The van der Waals surface area contributed by atoms with Crippen molar-refractivity contribution in [2.24, 2.45) is 0 Å². The lowest BCUT2D eigenvalue weighted by molar-refractivity contribution is -0.116. The molecule has 0 bridgehead atoms. The van der Waals surface area contributed by atoms with Gasteiger partial charge in [-0.3, -0.25) is 9.59 Å². The monoisotopic (exact) mass is 404 g/mol. The third-order valence-corrected chi connectivity index (χ3v) is 7.06. The third-order valence-electron chi connectivity index (χ3n) is 4.29. The average Bonchev–Trinajstić information content (AvgIpc) is 2.63. The maximum absolute atomic E-state index is 12.6. The Kier molecular flexibility index (Phi) is 5.57. The lowest BCUT2D eigenvalue weighted by Gasteiger charge is -2.17. The number of rotatable bonds is 5. The van der Waals surface area contributed by atoms with Crippen LogP contribution in [0.15, 0.2) is 46.2 Å². The number of sulfone groups is 1. The summed E-state index contributed by atoms with van der Waals surface area (Å²) in [5.74, 6) is -0.462. The van der Waals surface area contributed by atoms with Crippen LogP contribution in [-0.4, -0.2) is 31.7 Å². The van der Waals surface area contributed by atoms with E-state index in [9.17, 15) is 18.0 Å². The molecule has 0 saturated heterocycles. The molecule has 2 amide bonds. The Morgan fingerprint density at radius 3 is 2.59 bits per heavy atom. The first kappa shape index (κ1) is 19.4. The van der Waals surface area contributed by atoms with Gasteiger partial charge in [-0.1, -0.05) is 18.2 Å². The largest absolute Gasteiger partial charge is 0.326 e. The molecular formula is C19H20N2O4S2. The Morgan fingerprint density at radius 2 is 1.89 bits per heavy atom. The van der Waals surface area contributed by atoms with E-state index in [-0.39, 0.29) is 34.6 Å². The highest BCUT2D eigenvalue weighted by atomic mass is 32.2. The van der Waals surface area contributed by atoms with Crippen LogP contribution in [0.2, 0.25) is 0 Å². The molecule has 0 spiro atoms. The summed E-state index contributed by atoms with van der Waals surface area (Å²) in [4.78, 5) is 24.5. The van der Waals surface area contributed by atoms with Gasteiger partial charge in [0.15, 0.2) is 9.84 Å². The zero-order valence-corrected chi connectivity index (χ0v) is 16.7. The van der Waals surface area contributed by atoms with Crippen molar-refractivity contribution in [1.29, 1.82) is 0 Å². The molecule has 6 nitrogen and oxygen atoms in total. The standard InChI is InChI=1S/C19H20N2O4S2/c1-12-4-3-5-13(2)19(12)21-17(22)8-9-27(24,25)14-6-7-15-16(10-14)26-11-18(23)20-15/h3-7,10H,8-9,11H2,1-2H3,(H,20,23)(H,21,22). The molecule has 142 valence electrons. The molecule has 0 saturated carbocycles. The molecule has 0 fully saturated rings. The predicted molar refractivity (Wildman–Crippen MR) is 107 cm³/mol. The third kappa shape index (κ3) is 4.51. The summed E-state index contributed by atoms with van der Waals surface area (Å²) < 4.78 is 25.2. The average molecular weight is 405 g/mol. The number of hydrogen-bond acceptors (Lipinski definition) is 5. The summed E-state index contributed by atoms with van der Waals surface area (Å²) in [6.07, 6.45) is -0.128. The number of carbonyl (C=O) groups excluding carboxylic acids is 2. The Bertz CT molecular complexity index is 996. The smallest absolute Gasteiger partial charge is 0.234 e. The fraction of sp³-hybridized carbons (Fsp3) is 0.263. The molecule has 1 aliphatic rings.